The first-order valence-electron chi connectivity index (χ1n) is 5.13. The van der Waals surface area contributed by atoms with E-state index in [0.29, 0.717) is 5.02 Å². The molecule has 1 aromatic carbocycles. The molecule has 0 saturated heterocycles. The molecular formula is C13H11ClN2S. The Kier molecular flexibility index (Phi) is 3.19. The molecule has 0 bridgehead atoms. The normalized spacial score (nSPS) is 11.2. The molecule has 4 heteroatoms. The molecule has 86 valence electrons. The van der Waals surface area contributed by atoms with Gasteiger partial charge in [0.2, 0.25) is 0 Å². The van der Waals surface area contributed by atoms with E-state index in [1.54, 1.807) is 0 Å². The molecule has 0 atom stereocenters. The highest BCUT2D eigenvalue weighted by atomic mass is 35.5. The van der Waals surface area contributed by atoms with Crippen LogP contribution in [0.1, 0.15) is 18.9 Å². The second-order valence-corrected chi connectivity index (χ2v) is 5.51. The Labute approximate surface area is 110 Å². The number of hydrogen-bond donors (Lipinski definition) is 0. The van der Waals surface area contributed by atoms with Gasteiger partial charge >= 0.3 is 0 Å². The zero-order valence-electron chi connectivity index (χ0n) is 9.57. The fourth-order valence-electron chi connectivity index (χ4n) is 1.36. The van der Waals surface area contributed by atoms with Crippen LogP contribution in [0, 0.1) is 6.57 Å². The van der Waals surface area contributed by atoms with Crippen LogP contribution in [-0.2, 0) is 5.54 Å². The third kappa shape index (κ3) is 2.49. The van der Waals surface area contributed by atoms with Gasteiger partial charge in [-0.25, -0.2) is 11.6 Å². The van der Waals surface area contributed by atoms with Gasteiger partial charge in [0.15, 0.2) is 5.01 Å². The van der Waals surface area contributed by atoms with E-state index in [-0.39, 0.29) is 0 Å². The van der Waals surface area contributed by atoms with Gasteiger partial charge in [0.05, 0.1) is 5.69 Å². The van der Waals surface area contributed by atoms with E-state index in [9.17, 15) is 0 Å². The SMILES string of the molecule is [C-]#[N+]C(C)(C)c1nc(-c2ccc(Cl)cc2)cs1. The second-order valence-electron chi connectivity index (χ2n) is 4.22. The van der Waals surface area contributed by atoms with Crippen LogP contribution >= 0.6 is 22.9 Å². The van der Waals surface area contributed by atoms with Gasteiger partial charge in [-0.2, -0.15) is 0 Å². The minimum Gasteiger partial charge on any atom is -0.303 e. The monoisotopic (exact) mass is 262 g/mol. The molecule has 17 heavy (non-hydrogen) atoms. The lowest BCUT2D eigenvalue weighted by atomic mass is 10.1. The molecule has 2 nitrogen and oxygen atoms in total. The van der Waals surface area contributed by atoms with Crippen LogP contribution < -0.4 is 0 Å². The van der Waals surface area contributed by atoms with Crippen molar-refractivity contribution in [2.75, 3.05) is 0 Å². The minimum absolute atomic E-state index is 0.546. The average molecular weight is 263 g/mol. The number of aromatic nitrogens is 1. The van der Waals surface area contributed by atoms with E-state index in [1.807, 2.05) is 43.5 Å². The molecule has 0 unspecified atom stereocenters. The van der Waals surface area contributed by atoms with Crippen molar-refractivity contribution in [2.24, 2.45) is 0 Å². The molecule has 0 aliphatic carbocycles. The minimum atomic E-state index is -0.546. The molecule has 0 saturated carbocycles. The van der Waals surface area contributed by atoms with E-state index in [4.69, 9.17) is 18.2 Å². The maximum Gasteiger partial charge on any atom is 0.277 e. The van der Waals surface area contributed by atoms with E-state index < -0.39 is 5.54 Å². The third-order valence-electron chi connectivity index (χ3n) is 2.45. The predicted molar refractivity (Wildman–Crippen MR) is 72.2 cm³/mol. The molecule has 1 aromatic heterocycles. The Morgan fingerprint density at radius 3 is 2.53 bits per heavy atom. The van der Waals surface area contributed by atoms with Gasteiger partial charge in [-0.3, -0.25) is 0 Å². The molecule has 2 aromatic rings. The summed E-state index contributed by atoms with van der Waals surface area (Å²) in [5.41, 5.74) is 1.38. The lowest BCUT2D eigenvalue weighted by molar-refractivity contribution is 0.658. The lowest BCUT2D eigenvalue weighted by Crippen LogP contribution is -2.10. The molecular weight excluding hydrogens is 252 g/mol. The van der Waals surface area contributed by atoms with E-state index in [2.05, 4.69) is 9.83 Å². The molecule has 0 aliphatic rings. The summed E-state index contributed by atoms with van der Waals surface area (Å²) < 4.78 is 0. The molecule has 2 rings (SSSR count). The Morgan fingerprint density at radius 2 is 1.94 bits per heavy atom. The van der Waals surface area contributed by atoms with Gasteiger partial charge in [0.25, 0.3) is 5.54 Å². The van der Waals surface area contributed by atoms with E-state index in [0.717, 1.165) is 16.3 Å². The first-order chi connectivity index (χ1) is 8.03. The number of hydrogen-bond acceptors (Lipinski definition) is 2. The Bertz CT molecular complexity index is 564. The van der Waals surface area contributed by atoms with Gasteiger partial charge < -0.3 is 4.85 Å². The number of rotatable bonds is 2. The van der Waals surface area contributed by atoms with Gasteiger partial charge in [-0.15, -0.1) is 11.3 Å². The van der Waals surface area contributed by atoms with Gasteiger partial charge in [0, 0.05) is 29.8 Å². The third-order valence-corrected chi connectivity index (χ3v) is 3.85. The summed E-state index contributed by atoms with van der Waals surface area (Å²) in [6.07, 6.45) is 0. The number of thiazole rings is 1. The van der Waals surface area contributed by atoms with Gasteiger partial charge in [-0.05, 0) is 12.1 Å². The van der Waals surface area contributed by atoms with Crippen LogP contribution in [0.25, 0.3) is 16.1 Å². The molecule has 0 aliphatic heterocycles. The van der Waals surface area contributed by atoms with Crippen molar-refractivity contribution in [1.29, 1.82) is 0 Å². The number of benzene rings is 1. The zero-order valence-corrected chi connectivity index (χ0v) is 11.1. The van der Waals surface area contributed by atoms with E-state index >= 15 is 0 Å². The van der Waals surface area contributed by atoms with Crippen LogP contribution in [0.5, 0.6) is 0 Å². The summed E-state index contributed by atoms with van der Waals surface area (Å²) in [7, 11) is 0. The van der Waals surface area contributed by atoms with Crippen LogP contribution in [-0.4, -0.2) is 4.98 Å². The smallest absolute Gasteiger partial charge is 0.277 e. The number of nitrogens with zero attached hydrogens (tertiary/aromatic N) is 2. The van der Waals surface area contributed by atoms with Crippen molar-refractivity contribution in [1.82, 2.24) is 4.98 Å². The summed E-state index contributed by atoms with van der Waals surface area (Å²) in [6, 6.07) is 7.56. The summed E-state index contributed by atoms with van der Waals surface area (Å²) in [5, 5.41) is 3.54. The van der Waals surface area contributed by atoms with Crippen molar-refractivity contribution < 1.29 is 0 Å². The zero-order chi connectivity index (χ0) is 12.5. The van der Waals surface area contributed by atoms with Crippen LogP contribution in [0.4, 0.5) is 0 Å². The van der Waals surface area contributed by atoms with Crippen molar-refractivity contribution in [3.8, 4) is 11.3 Å². The van der Waals surface area contributed by atoms with E-state index in [1.165, 1.54) is 11.3 Å². The molecule has 0 N–H and O–H groups in total. The Hall–Kier alpha value is -1.37. The topological polar surface area (TPSA) is 17.2 Å². The van der Waals surface area contributed by atoms with Crippen LogP contribution in [0.3, 0.4) is 0 Å². The first kappa shape index (κ1) is 12.1. The Balaban J connectivity index is 2.37. The van der Waals surface area contributed by atoms with Crippen molar-refractivity contribution in [3.05, 3.63) is 51.1 Å². The number of halogens is 1. The maximum absolute atomic E-state index is 7.16. The highest BCUT2D eigenvalue weighted by molar-refractivity contribution is 7.10. The van der Waals surface area contributed by atoms with Crippen molar-refractivity contribution in [2.45, 2.75) is 19.4 Å². The molecule has 0 radical (unpaired) electrons. The lowest BCUT2D eigenvalue weighted by Gasteiger charge is -2.05. The predicted octanol–water partition coefficient (Wildman–Crippen LogP) is 4.62. The largest absolute Gasteiger partial charge is 0.303 e. The summed E-state index contributed by atoms with van der Waals surface area (Å²) in [4.78, 5) is 8.10. The van der Waals surface area contributed by atoms with Crippen molar-refractivity contribution >= 4 is 22.9 Å². The van der Waals surface area contributed by atoms with Crippen LogP contribution in [0.2, 0.25) is 5.02 Å². The second kappa shape index (κ2) is 4.48. The quantitative estimate of drug-likeness (QED) is 0.722. The van der Waals surface area contributed by atoms with Crippen molar-refractivity contribution in [3.63, 3.8) is 0 Å². The highest BCUT2D eigenvalue weighted by Crippen LogP contribution is 2.31. The average Bonchev–Trinajstić information content (AvgIpc) is 2.80. The summed E-state index contributed by atoms with van der Waals surface area (Å²) in [6.45, 7) is 10.9. The molecule has 1 heterocycles. The molecule has 0 amide bonds. The molecule has 0 fully saturated rings. The molecule has 0 spiro atoms. The standard InChI is InChI=1S/C13H11ClN2S/c1-13(2,15-3)12-16-11(8-17-12)9-4-6-10(14)7-5-9/h4-8H,1-2H3. The summed E-state index contributed by atoms with van der Waals surface area (Å²) in [5.74, 6) is 0. The Morgan fingerprint density at radius 1 is 1.29 bits per heavy atom. The summed E-state index contributed by atoms with van der Waals surface area (Å²) >= 11 is 7.36. The first-order valence-corrected chi connectivity index (χ1v) is 6.39. The fourth-order valence-corrected chi connectivity index (χ4v) is 2.38. The maximum atomic E-state index is 7.16. The van der Waals surface area contributed by atoms with Crippen LogP contribution in [0.15, 0.2) is 29.6 Å². The fraction of sp³-hybridized carbons (Fsp3) is 0.231. The van der Waals surface area contributed by atoms with Gasteiger partial charge in [-0.1, -0.05) is 23.7 Å². The van der Waals surface area contributed by atoms with Gasteiger partial charge in [0.1, 0.15) is 0 Å². The highest BCUT2D eigenvalue weighted by Gasteiger charge is 2.29.